The summed E-state index contributed by atoms with van der Waals surface area (Å²) in [5.41, 5.74) is 7.76. The lowest BCUT2D eigenvalue weighted by atomic mass is 10.0. The SMILES string of the molecule is c1ccc(-c2nc(-c3ccccc3)nc(-n3c4ccccc4c4c5cc6c(cc5ccc43)c3cccc4c5ccccc5n6c43)n2)cc1. The molecule has 222 valence electrons. The number of hydrogen-bond acceptors (Lipinski definition) is 3. The highest BCUT2D eigenvalue weighted by Crippen LogP contribution is 2.43. The molecule has 0 spiro atoms. The van der Waals surface area contributed by atoms with Crippen molar-refractivity contribution in [3.63, 3.8) is 0 Å². The molecule has 5 heteroatoms. The van der Waals surface area contributed by atoms with Crippen LogP contribution in [0.25, 0.3) is 99.4 Å². The van der Waals surface area contributed by atoms with Crippen molar-refractivity contribution < 1.29 is 0 Å². The summed E-state index contributed by atoms with van der Waals surface area (Å²) in [7, 11) is 0. The highest BCUT2D eigenvalue weighted by atomic mass is 15.2. The summed E-state index contributed by atoms with van der Waals surface area (Å²) in [4.78, 5) is 15.2. The van der Waals surface area contributed by atoms with Gasteiger partial charge in [-0.15, -0.1) is 0 Å². The minimum Gasteiger partial charge on any atom is -0.308 e. The molecule has 5 nitrogen and oxygen atoms in total. The molecule has 0 fully saturated rings. The second kappa shape index (κ2) is 9.47. The number of benzene rings is 7. The molecule has 0 aliphatic carbocycles. The fourth-order valence-corrected chi connectivity index (χ4v) is 7.83. The van der Waals surface area contributed by atoms with Crippen molar-refractivity contribution in [3.8, 4) is 28.7 Å². The molecule has 0 amide bonds. The van der Waals surface area contributed by atoms with E-state index in [1.807, 2.05) is 60.7 Å². The molecule has 0 aliphatic heterocycles. The fraction of sp³-hybridized carbons (Fsp3) is 0. The van der Waals surface area contributed by atoms with E-state index in [9.17, 15) is 0 Å². The second-order valence-corrected chi connectivity index (χ2v) is 12.5. The van der Waals surface area contributed by atoms with Gasteiger partial charge in [0.05, 0.1) is 27.6 Å². The molecular weight excluding hydrogens is 587 g/mol. The van der Waals surface area contributed by atoms with Crippen LogP contribution >= 0.6 is 0 Å². The van der Waals surface area contributed by atoms with Gasteiger partial charge in [-0.2, -0.15) is 9.97 Å². The van der Waals surface area contributed by atoms with Gasteiger partial charge in [0.1, 0.15) is 0 Å². The second-order valence-electron chi connectivity index (χ2n) is 12.5. The van der Waals surface area contributed by atoms with Gasteiger partial charge in [-0.05, 0) is 41.1 Å². The van der Waals surface area contributed by atoms with Crippen molar-refractivity contribution in [1.29, 1.82) is 0 Å². The molecule has 0 saturated carbocycles. The Morgan fingerprint density at radius 3 is 1.71 bits per heavy atom. The van der Waals surface area contributed by atoms with Crippen molar-refractivity contribution in [2.75, 3.05) is 0 Å². The summed E-state index contributed by atoms with van der Waals surface area (Å²) < 4.78 is 4.66. The summed E-state index contributed by atoms with van der Waals surface area (Å²) in [5.74, 6) is 1.88. The summed E-state index contributed by atoms with van der Waals surface area (Å²) in [6, 6.07) is 53.6. The van der Waals surface area contributed by atoms with Crippen LogP contribution in [0.4, 0.5) is 0 Å². The third-order valence-corrected chi connectivity index (χ3v) is 9.88. The molecule has 0 radical (unpaired) electrons. The van der Waals surface area contributed by atoms with E-state index >= 15 is 0 Å². The zero-order chi connectivity index (χ0) is 31.3. The Labute approximate surface area is 274 Å². The van der Waals surface area contributed by atoms with E-state index in [1.165, 1.54) is 59.6 Å². The van der Waals surface area contributed by atoms with Crippen molar-refractivity contribution in [3.05, 3.63) is 152 Å². The summed E-state index contributed by atoms with van der Waals surface area (Å²) in [6.07, 6.45) is 0. The van der Waals surface area contributed by atoms with Gasteiger partial charge in [0, 0.05) is 43.4 Å². The lowest BCUT2D eigenvalue weighted by Gasteiger charge is -2.11. The van der Waals surface area contributed by atoms with Crippen LogP contribution in [0.2, 0.25) is 0 Å². The molecule has 0 saturated heterocycles. The van der Waals surface area contributed by atoms with Crippen LogP contribution in [0.5, 0.6) is 0 Å². The number of hydrogen-bond donors (Lipinski definition) is 0. The van der Waals surface area contributed by atoms with E-state index in [0.717, 1.165) is 22.2 Å². The molecule has 7 aromatic carbocycles. The predicted molar refractivity (Wildman–Crippen MR) is 197 cm³/mol. The summed E-state index contributed by atoms with van der Waals surface area (Å²) in [5, 5.41) is 9.92. The van der Waals surface area contributed by atoms with Gasteiger partial charge in [0.25, 0.3) is 0 Å². The molecule has 48 heavy (non-hydrogen) atoms. The van der Waals surface area contributed by atoms with Crippen LogP contribution in [0.3, 0.4) is 0 Å². The largest absolute Gasteiger partial charge is 0.308 e. The zero-order valence-electron chi connectivity index (χ0n) is 25.7. The topological polar surface area (TPSA) is 48.0 Å². The maximum absolute atomic E-state index is 5.13. The molecule has 0 unspecified atom stereocenters. The van der Waals surface area contributed by atoms with Gasteiger partial charge >= 0.3 is 0 Å². The maximum Gasteiger partial charge on any atom is 0.238 e. The van der Waals surface area contributed by atoms with Crippen LogP contribution in [-0.4, -0.2) is 23.9 Å². The van der Waals surface area contributed by atoms with Gasteiger partial charge in [-0.1, -0.05) is 121 Å². The first-order valence-electron chi connectivity index (χ1n) is 16.2. The van der Waals surface area contributed by atoms with Crippen LogP contribution in [0.1, 0.15) is 0 Å². The summed E-state index contributed by atoms with van der Waals surface area (Å²) in [6.45, 7) is 0. The minimum atomic E-state index is 0.597. The number of aromatic nitrogens is 5. The average molecular weight is 612 g/mol. The highest BCUT2D eigenvalue weighted by Gasteiger charge is 2.21. The van der Waals surface area contributed by atoms with E-state index in [-0.39, 0.29) is 0 Å². The number of para-hydroxylation sites is 3. The average Bonchev–Trinajstić information content (AvgIpc) is 3.79. The van der Waals surface area contributed by atoms with Crippen LogP contribution in [0.15, 0.2) is 152 Å². The predicted octanol–water partition coefficient (Wildman–Crippen LogP) is 10.6. The van der Waals surface area contributed by atoms with Gasteiger partial charge in [0.2, 0.25) is 5.95 Å². The standard InChI is InChI=1S/C43H25N5/c1-3-12-26(13-4-1)41-44-42(27-14-5-2-6-15-27)46-43(45-41)48-36-21-10-8-17-32(36)39-33-25-38-34(24-28(33)22-23-37(39)48)31-19-11-18-30-29-16-7-9-20-35(29)47(38)40(30)31/h1-25H. The van der Waals surface area contributed by atoms with Gasteiger partial charge in [0.15, 0.2) is 11.6 Å². The monoisotopic (exact) mass is 611 g/mol. The van der Waals surface area contributed by atoms with Crippen molar-refractivity contribution in [1.82, 2.24) is 23.9 Å². The van der Waals surface area contributed by atoms with Gasteiger partial charge in [-0.25, -0.2) is 4.98 Å². The van der Waals surface area contributed by atoms with Crippen molar-refractivity contribution in [2.45, 2.75) is 0 Å². The molecule has 4 heterocycles. The van der Waals surface area contributed by atoms with Gasteiger partial charge < -0.3 is 4.40 Å². The van der Waals surface area contributed by atoms with E-state index in [2.05, 4.69) is 100.0 Å². The molecule has 4 aromatic heterocycles. The van der Waals surface area contributed by atoms with E-state index in [4.69, 9.17) is 15.0 Å². The minimum absolute atomic E-state index is 0.597. The Morgan fingerprint density at radius 2 is 0.979 bits per heavy atom. The molecule has 11 rings (SSSR count). The fourth-order valence-electron chi connectivity index (χ4n) is 7.83. The molecule has 0 bridgehead atoms. The van der Waals surface area contributed by atoms with Crippen LogP contribution < -0.4 is 0 Å². The van der Waals surface area contributed by atoms with E-state index in [1.54, 1.807) is 0 Å². The lowest BCUT2D eigenvalue weighted by Crippen LogP contribution is -2.06. The number of fused-ring (bicyclic) bond motifs is 11. The van der Waals surface area contributed by atoms with E-state index < -0.39 is 0 Å². The quantitative estimate of drug-likeness (QED) is 0.200. The Bertz CT molecular complexity index is 2990. The highest BCUT2D eigenvalue weighted by molar-refractivity contribution is 6.28. The van der Waals surface area contributed by atoms with Crippen molar-refractivity contribution >= 4 is 70.7 Å². The first-order chi connectivity index (χ1) is 23.8. The van der Waals surface area contributed by atoms with Crippen LogP contribution in [-0.2, 0) is 0 Å². The number of rotatable bonds is 3. The normalized spacial score (nSPS) is 12.2. The third kappa shape index (κ3) is 3.42. The Morgan fingerprint density at radius 1 is 0.375 bits per heavy atom. The Balaban J connectivity index is 1.26. The van der Waals surface area contributed by atoms with E-state index in [0.29, 0.717) is 17.6 Å². The Hall–Kier alpha value is -6.59. The Kier molecular flexibility index (Phi) is 5.05. The first-order valence-corrected chi connectivity index (χ1v) is 16.2. The van der Waals surface area contributed by atoms with Gasteiger partial charge in [-0.3, -0.25) is 4.57 Å². The molecule has 0 atom stereocenters. The summed E-state index contributed by atoms with van der Waals surface area (Å²) >= 11 is 0. The zero-order valence-corrected chi connectivity index (χ0v) is 25.7. The molecule has 0 N–H and O–H groups in total. The first kappa shape index (κ1) is 25.6. The smallest absolute Gasteiger partial charge is 0.238 e. The van der Waals surface area contributed by atoms with Crippen molar-refractivity contribution in [2.24, 2.45) is 0 Å². The molecule has 11 aromatic rings. The maximum atomic E-state index is 5.13. The molecule has 0 aliphatic rings. The number of nitrogens with zero attached hydrogens (tertiary/aromatic N) is 5. The van der Waals surface area contributed by atoms with Crippen LogP contribution in [0, 0.1) is 0 Å². The molecular formula is C43H25N5. The third-order valence-electron chi connectivity index (χ3n) is 9.88. The lowest BCUT2D eigenvalue weighted by molar-refractivity contribution is 0.953.